The second kappa shape index (κ2) is 27.5. The Bertz CT molecular complexity index is 3700. The van der Waals surface area contributed by atoms with Gasteiger partial charge in [-0.25, -0.2) is 4.79 Å². The Morgan fingerprint density at radius 3 is 1.09 bits per heavy atom. The van der Waals surface area contributed by atoms with Crippen LogP contribution in [0.2, 0.25) is 0 Å². The minimum Gasteiger partial charge on any atom is -0.494 e. The number of amides is 2. The molecule has 0 aliphatic carbocycles. The van der Waals surface area contributed by atoms with Crippen LogP contribution in [0.3, 0.4) is 0 Å². The average molecular weight is 1210 g/mol. The lowest BCUT2D eigenvalue weighted by Gasteiger charge is -2.12. The molecule has 0 unspecified atom stereocenters. The van der Waals surface area contributed by atoms with Crippen molar-refractivity contribution in [1.29, 1.82) is 0 Å². The molecule has 0 atom stereocenters. The highest BCUT2D eigenvalue weighted by Crippen LogP contribution is 2.41. The summed E-state index contributed by atoms with van der Waals surface area (Å²) in [5, 5.41) is 39.5. The zero-order valence-electron chi connectivity index (χ0n) is 44.7. The number of hydrogen-bond donors (Lipinski definition) is 6. The molecule has 6 aromatic carbocycles. The van der Waals surface area contributed by atoms with Gasteiger partial charge in [0.05, 0.1) is 60.7 Å². The lowest BCUT2D eigenvalue weighted by Crippen LogP contribution is -2.19. The van der Waals surface area contributed by atoms with Gasteiger partial charge >= 0.3 is 6.03 Å². The van der Waals surface area contributed by atoms with E-state index in [1.165, 1.54) is 36.4 Å². The van der Waals surface area contributed by atoms with Crippen molar-refractivity contribution in [1.82, 2.24) is 0 Å². The summed E-state index contributed by atoms with van der Waals surface area (Å²) >= 11 is 0. The summed E-state index contributed by atoms with van der Waals surface area (Å²) in [5.41, 5.74) is 4.11. The van der Waals surface area contributed by atoms with Gasteiger partial charge < -0.3 is 29.6 Å². The van der Waals surface area contributed by atoms with Crippen LogP contribution in [0.1, 0.15) is 48.9 Å². The van der Waals surface area contributed by atoms with Crippen LogP contribution in [0, 0.1) is 27.7 Å². The largest absolute Gasteiger partial charge is 0.494 e. The van der Waals surface area contributed by atoms with E-state index in [-0.39, 0.29) is 96.4 Å². The molecule has 31 heteroatoms. The van der Waals surface area contributed by atoms with Crippen molar-refractivity contribution in [2.24, 2.45) is 40.9 Å². The number of urea groups is 1. The molecule has 6 N–H and O–H groups in total. The number of rotatable bonds is 26. The third-order valence-corrected chi connectivity index (χ3v) is 14.5. The fraction of sp³-hybridized carbons (Fsp3) is 0.275. The van der Waals surface area contributed by atoms with Gasteiger partial charge in [0.2, 0.25) is 0 Å². The number of aryl methyl sites for hydroxylation is 4. The number of nitrogens with one attached hydrogen (secondary N) is 2. The maximum absolute atomic E-state index is 13.2. The van der Waals surface area contributed by atoms with Crippen molar-refractivity contribution in [3.63, 3.8) is 0 Å². The Hall–Kier alpha value is -8.17. The van der Waals surface area contributed by atoms with Crippen molar-refractivity contribution < 1.29 is 75.6 Å². The number of azo groups is 4. The maximum atomic E-state index is 13.2. The van der Waals surface area contributed by atoms with E-state index in [0.717, 1.165) is 12.1 Å². The van der Waals surface area contributed by atoms with Crippen LogP contribution in [0.5, 0.6) is 23.0 Å². The van der Waals surface area contributed by atoms with Crippen molar-refractivity contribution >= 4 is 103 Å². The lowest BCUT2D eigenvalue weighted by atomic mass is 10.1. The summed E-state index contributed by atoms with van der Waals surface area (Å²) in [4.78, 5) is 12.1. The van der Waals surface area contributed by atoms with Crippen molar-refractivity contribution in [3.05, 3.63) is 119 Å². The lowest BCUT2D eigenvalue weighted by molar-refractivity contribution is 0.262. The number of anilines is 2. The summed E-state index contributed by atoms with van der Waals surface area (Å²) in [6.07, 6.45) is -0.185. The van der Waals surface area contributed by atoms with Crippen LogP contribution in [-0.2, 0) is 40.5 Å². The molecule has 82 heavy (non-hydrogen) atoms. The predicted molar refractivity (Wildman–Crippen MR) is 302 cm³/mol. The Kier molecular flexibility index (Phi) is 21.2. The highest BCUT2D eigenvalue weighted by molar-refractivity contribution is 7.86. The molecule has 0 fully saturated rings. The van der Waals surface area contributed by atoms with Gasteiger partial charge in [-0.05, 0) is 149 Å². The van der Waals surface area contributed by atoms with Crippen molar-refractivity contribution in [2.45, 2.75) is 64.2 Å². The first-order chi connectivity index (χ1) is 38.6. The van der Waals surface area contributed by atoms with Crippen LogP contribution in [0.25, 0.3) is 0 Å². The Labute approximate surface area is 472 Å². The van der Waals surface area contributed by atoms with E-state index in [9.17, 15) is 56.7 Å². The Morgan fingerprint density at radius 1 is 0.415 bits per heavy atom. The van der Waals surface area contributed by atoms with E-state index in [2.05, 4.69) is 51.5 Å². The van der Waals surface area contributed by atoms with Crippen molar-refractivity contribution in [3.8, 4) is 23.0 Å². The number of hydrogen-bond acceptors (Lipinski definition) is 21. The van der Waals surface area contributed by atoms with Gasteiger partial charge in [0.25, 0.3) is 40.5 Å². The minimum absolute atomic E-state index is 0.0814. The van der Waals surface area contributed by atoms with E-state index in [1.807, 2.05) is 0 Å². The molecular weight excluding hydrogens is 1150 g/mol. The molecule has 2 amide bonds. The zero-order chi connectivity index (χ0) is 60.0. The molecular formula is C51H56N10O17S4. The van der Waals surface area contributed by atoms with Crippen LogP contribution in [0.4, 0.5) is 61.7 Å². The second-order valence-corrected chi connectivity index (χ2v) is 23.6. The highest BCUT2D eigenvalue weighted by atomic mass is 32.2. The predicted octanol–water partition coefficient (Wildman–Crippen LogP) is 12.8. The summed E-state index contributed by atoms with van der Waals surface area (Å²) in [6, 6.07) is 22.8. The molecule has 0 spiro atoms. The zero-order valence-corrected chi connectivity index (χ0v) is 48.0. The third kappa shape index (κ3) is 19.0. The molecule has 0 aromatic heterocycles. The quantitative estimate of drug-likeness (QED) is 0.0167. The van der Waals surface area contributed by atoms with Crippen LogP contribution >= 0.6 is 0 Å². The van der Waals surface area contributed by atoms with Gasteiger partial charge in [0, 0.05) is 35.6 Å². The van der Waals surface area contributed by atoms with E-state index in [0.29, 0.717) is 45.0 Å². The SMILES string of the molecule is CCOc1ccc(N=Nc2cc(OCCCS(=O)(=O)O)c(N=Nc3ccc(NC(=O)Nc4ccc(N=Nc5cc(C)c(N=Nc6ccc(OCC)cc6S(=O)(=O)O)cc5OCCCS(=O)(=O)O)c(C)c4)cc3C)cc2C)c(S(=O)(=O)O)c1. The minimum atomic E-state index is -4.74. The fourth-order valence-corrected chi connectivity index (χ4v) is 9.51. The second-order valence-electron chi connectivity index (χ2n) is 17.6. The third-order valence-electron chi connectivity index (χ3n) is 11.2. The normalized spacial score (nSPS) is 12.4. The first-order valence-electron chi connectivity index (χ1n) is 24.5. The number of benzene rings is 6. The molecule has 0 saturated carbocycles. The number of nitrogens with zero attached hydrogens (tertiary/aromatic N) is 8. The molecule has 0 saturated heterocycles. The van der Waals surface area contributed by atoms with E-state index >= 15 is 0 Å². The molecule has 436 valence electrons. The molecule has 0 radical (unpaired) electrons. The molecule has 0 aliphatic rings. The smallest absolute Gasteiger partial charge is 0.323 e. The molecule has 27 nitrogen and oxygen atoms in total. The summed E-state index contributed by atoms with van der Waals surface area (Å²) in [6.45, 7) is 10.3. The molecule has 6 aromatic rings. The van der Waals surface area contributed by atoms with Gasteiger partial charge in [-0.2, -0.15) is 54.1 Å². The topological polar surface area (TPSA) is 394 Å². The first kappa shape index (κ1) is 63.0. The summed E-state index contributed by atoms with van der Waals surface area (Å²) < 4.78 is 155. The van der Waals surface area contributed by atoms with Crippen LogP contribution < -0.4 is 29.6 Å². The number of carbonyl (C=O) groups excluding carboxylic acids is 1. The molecule has 0 bridgehead atoms. The molecule has 0 heterocycles. The van der Waals surface area contributed by atoms with E-state index in [4.69, 9.17) is 18.9 Å². The van der Waals surface area contributed by atoms with Gasteiger partial charge in [-0.15, -0.1) is 20.5 Å². The van der Waals surface area contributed by atoms with E-state index in [1.54, 1.807) is 90.1 Å². The average Bonchev–Trinajstić information content (AvgIpc) is 3.53. The van der Waals surface area contributed by atoms with Gasteiger partial charge in [-0.3, -0.25) is 18.2 Å². The van der Waals surface area contributed by atoms with Gasteiger partial charge in [-0.1, -0.05) is 0 Å². The van der Waals surface area contributed by atoms with Gasteiger partial charge in [0.1, 0.15) is 55.5 Å². The van der Waals surface area contributed by atoms with Gasteiger partial charge in [0.15, 0.2) is 0 Å². The number of ether oxygens (including phenoxy) is 4. The Balaban J connectivity index is 1.16. The first-order valence-corrected chi connectivity index (χ1v) is 30.6. The number of carbonyl (C=O) groups is 1. The van der Waals surface area contributed by atoms with Crippen molar-refractivity contribution in [2.75, 3.05) is 48.6 Å². The van der Waals surface area contributed by atoms with Crippen LogP contribution in [-0.4, -0.2) is 95.8 Å². The Morgan fingerprint density at radius 2 is 0.744 bits per heavy atom. The van der Waals surface area contributed by atoms with Crippen LogP contribution in [0.15, 0.2) is 148 Å². The molecule has 6 rings (SSSR count). The highest BCUT2D eigenvalue weighted by Gasteiger charge is 2.20. The monoisotopic (exact) mass is 1210 g/mol. The fourth-order valence-electron chi connectivity index (χ4n) is 7.27. The molecule has 0 aliphatic heterocycles. The van der Waals surface area contributed by atoms with E-state index < -0.39 is 67.8 Å². The summed E-state index contributed by atoms with van der Waals surface area (Å²) in [5.74, 6) is -0.640. The standard InChI is InChI=1S/C51H56N10O17S4/c1-7-75-37-13-17-41(49(27-37)81(69,70)71)56-58-43-29-47(77-19-9-21-79(63,64)65)45(25-33(43)5)60-54-39-15-11-35(23-31(39)3)52-51(62)53-36-12-16-40(32(4)24-36)55-61-46-26-34(6)44(30-48(46)78-20-10-22-80(66,67)68)59-57-42-18-14-38(76-8-2)28-50(42)82(72,73)74/h11-18,23-30H,7-10,19-22H2,1-6H3,(H2,52,53,62)(H,63,64,65)(H,66,67,68)(H,69,70,71)(H,72,73,74). The maximum Gasteiger partial charge on any atom is 0.323 e. The summed E-state index contributed by atoms with van der Waals surface area (Å²) in [7, 11) is -18.0.